The minimum Gasteiger partial charge on any atom is -0.495 e. The van der Waals surface area contributed by atoms with E-state index in [1.54, 1.807) is 7.11 Å². The van der Waals surface area contributed by atoms with Gasteiger partial charge in [-0.2, -0.15) is 0 Å². The van der Waals surface area contributed by atoms with Gasteiger partial charge in [0.2, 0.25) is 5.88 Å². The molecule has 0 N–H and O–H groups in total. The summed E-state index contributed by atoms with van der Waals surface area (Å²) in [4.78, 5) is 4.57. The van der Waals surface area contributed by atoms with Crippen molar-refractivity contribution in [1.29, 1.82) is 0 Å². The number of aryl methyl sites for hydroxylation is 1. The number of aromatic nitrogens is 1. The minimum absolute atomic E-state index is 0.757. The van der Waals surface area contributed by atoms with Crippen LogP contribution in [0.2, 0.25) is 0 Å². The molecule has 1 aromatic heterocycles. The van der Waals surface area contributed by atoms with Crippen LogP contribution in [0, 0.1) is 0 Å². The standard InChI is InChI=1S/C13H12BrNO2/c1-16-10-5-4-8-7-9-3-2-6-17-13(9)15-12(8)11(10)14/h4-5,7H,2-3,6H2,1H3. The second-order valence-corrected chi connectivity index (χ2v) is 4.85. The molecular weight excluding hydrogens is 282 g/mol. The van der Waals surface area contributed by atoms with E-state index in [1.165, 1.54) is 5.56 Å². The summed E-state index contributed by atoms with van der Waals surface area (Å²) >= 11 is 3.53. The zero-order valence-corrected chi connectivity index (χ0v) is 11.1. The first-order valence-electron chi connectivity index (χ1n) is 5.58. The summed E-state index contributed by atoms with van der Waals surface area (Å²) in [6.45, 7) is 0.757. The van der Waals surface area contributed by atoms with Crippen LogP contribution in [-0.2, 0) is 6.42 Å². The minimum atomic E-state index is 0.757. The summed E-state index contributed by atoms with van der Waals surface area (Å²) in [5.74, 6) is 1.55. The van der Waals surface area contributed by atoms with E-state index >= 15 is 0 Å². The Morgan fingerprint density at radius 1 is 1.41 bits per heavy atom. The topological polar surface area (TPSA) is 31.4 Å². The van der Waals surface area contributed by atoms with Gasteiger partial charge in [-0.3, -0.25) is 0 Å². The van der Waals surface area contributed by atoms with E-state index in [9.17, 15) is 0 Å². The molecule has 0 bridgehead atoms. The lowest BCUT2D eigenvalue weighted by Gasteiger charge is -2.17. The molecule has 17 heavy (non-hydrogen) atoms. The summed E-state index contributed by atoms with van der Waals surface area (Å²) in [6, 6.07) is 6.13. The molecule has 1 aliphatic heterocycles. The van der Waals surface area contributed by atoms with Gasteiger partial charge in [-0.05, 0) is 47.0 Å². The number of ether oxygens (including phenoxy) is 2. The van der Waals surface area contributed by atoms with Crippen molar-refractivity contribution in [3.63, 3.8) is 0 Å². The second-order valence-electron chi connectivity index (χ2n) is 4.06. The van der Waals surface area contributed by atoms with Crippen molar-refractivity contribution in [2.45, 2.75) is 12.8 Å². The molecule has 2 aromatic rings. The molecule has 0 saturated heterocycles. The number of nitrogens with zero attached hydrogens (tertiary/aromatic N) is 1. The molecule has 0 saturated carbocycles. The van der Waals surface area contributed by atoms with Crippen LogP contribution < -0.4 is 9.47 Å². The highest BCUT2D eigenvalue weighted by atomic mass is 79.9. The summed E-state index contributed by atoms with van der Waals surface area (Å²) in [6.07, 6.45) is 2.11. The van der Waals surface area contributed by atoms with Crippen LogP contribution in [0.4, 0.5) is 0 Å². The van der Waals surface area contributed by atoms with E-state index in [2.05, 4.69) is 27.0 Å². The number of halogens is 1. The first kappa shape index (κ1) is 10.8. The molecule has 1 aromatic carbocycles. The van der Waals surface area contributed by atoms with Gasteiger partial charge in [0.15, 0.2) is 0 Å². The third kappa shape index (κ3) is 1.76. The Hall–Kier alpha value is -1.29. The highest BCUT2D eigenvalue weighted by Crippen LogP contribution is 2.35. The van der Waals surface area contributed by atoms with Gasteiger partial charge in [0, 0.05) is 10.9 Å². The van der Waals surface area contributed by atoms with E-state index in [0.717, 1.165) is 46.5 Å². The molecular formula is C13H12BrNO2. The highest BCUT2D eigenvalue weighted by molar-refractivity contribution is 9.10. The molecule has 0 spiro atoms. The molecule has 3 nitrogen and oxygen atoms in total. The molecule has 2 heterocycles. The van der Waals surface area contributed by atoms with E-state index < -0.39 is 0 Å². The Labute approximate surface area is 108 Å². The lowest BCUT2D eigenvalue weighted by molar-refractivity contribution is 0.277. The largest absolute Gasteiger partial charge is 0.495 e. The number of pyridine rings is 1. The van der Waals surface area contributed by atoms with Crippen molar-refractivity contribution in [1.82, 2.24) is 4.98 Å². The van der Waals surface area contributed by atoms with Crippen LogP contribution >= 0.6 is 15.9 Å². The van der Waals surface area contributed by atoms with E-state index in [-0.39, 0.29) is 0 Å². The summed E-state index contributed by atoms with van der Waals surface area (Å²) in [7, 11) is 1.65. The fourth-order valence-corrected chi connectivity index (χ4v) is 2.72. The lowest BCUT2D eigenvalue weighted by atomic mass is 10.1. The number of fused-ring (bicyclic) bond motifs is 2. The zero-order chi connectivity index (χ0) is 11.8. The second kappa shape index (κ2) is 4.18. The van der Waals surface area contributed by atoms with Gasteiger partial charge in [0.25, 0.3) is 0 Å². The molecule has 0 amide bonds. The molecule has 0 aliphatic carbocycles. The molecule has 0 unspecified atom stereocenters. The van der Waals surface area contributed by atoms with Gasteiger partial charge in [0.05, 0.1) is 23.7 Å². The van der Waals surface area contributed by atoms with Crippen LogP contribution in [0.5, 0.6) is 11.6 Å². The molecule has 0 atom stereocenters. The van der Waals surface area contributed by atoms with E-state index in [0.29, 0.717) is 0 Å². The summed E-state index contributed by atoms with van der Waals surface area (Å²) in [5, 5.41) is 1.11. The van der Waals surface area contributed by atoms with Gasteiger partial charge < -0.3 is 9.47 Å². The molecule has 88 valence electrons. The maximum absolute atomic E-state index is 5.59. The van der Waals surface area contributed by atoms with Crippen LogP contribution in [0.25, 0.3) is 10.9 Å². The Bertz CT molecular complexity index is 583. The molecule has 0 fully saturated rings. The van der Waals surface area contributed by atoms with Crippen molar-refractivity contribution in [2.24, 2.45) is 0 Å². The lowest BCUT2D eigenvalue weighted by Crippen LogP contribution is -2.10. The highest BCUT2D eigenvalue weighted by Gasteiger charge is 2.15. The van der Waals surface area contributed by atoms with Crippen molar-refractivity contribution in [3.8, 4) is 11.6 Å². The summed E-state index contributed by atoms with van der Waals surface area (Å²) < 4.78 is 11.7. The molecule has 0 radical (unpaired) electrons. The molecule has 3 rings (SSSR count). The Kier molecular flexibility index (Phi) is 2.67. The number of methoxy groups -OCH3 is 1. The fraction of sp³-hybridized carbons (Fsp3) is 0.308. The monoisotopic (exact) mass is 293 g/mol. The molecule has 1 aliphatic rings. The van der Waals surface area contributed by atoms with E-state index in [1.807, 2.05) is 12.1 Å². The van der Waals surface area contributed by atoms with Crippen LogP contribution in [-0.4, -0.2) is 18.7 Å². The zero-order valence-electron chi connectivity index (χ0n) is 9.50. The maximum atomic E-state index is 5.59. The average Bonchev–Trinajstić information content (AvgIpc) is 2.37. The average molecular weight is 294 g/mol. The maximum Gasteiger partial charge on any atom is 0.217 e. The van der Waals surface area contributed by atoms with Gasteiger partial charge >= 0.3 is 0 Å². The van der Waals surface area contributed by atoms with E-state index in [4.69, 9.17) is 9.47 Å². The smallest absolute Gasteiger partial charge is 0.217 e. The Morgan fingerprint density at radius 2 is 2.29 bits per heavy atom. The number of rotatable bonds is 1. The van der Waals surface area contributed by atoms with Crippen LogP contribution in [0.1, 0.15) is 12.0 Å². The fourth-order valence-electron chi connectivity index (χ4n) is 2.11. The summed E-state index contributed by atoms with van der Waals surface area (Å²) in [5.41, 5.74) is 2.09. The van der Waals surface area contributed by atoms with Crippen LogP contribution in [0.15, 0.2) is 22.7 Å². The van der Waals surface area contributed by atoms with Crippen molar-refractivity contribution >= 4 is 26.8 Å². The van der Waals surface area contributed by atoms with Crippen LogP contribution in [0.3, 0.4) is 0 Å². The van der Waals surface area contributed by atoms with Crippen molar-refractivity contribution in [2.75, 3.05) is 13.7 Å². The SMILES string of the molecule is COc1ccc2cc3c(nc2c1Br)OCCC3. The quantitative estimate of drug-likeness (QED) is 0.808. The number of hydrogen-bond donors (Lipinski definition) is 0. The van der Waals surface area contributed by atoms with Gasteiger partial charge in [0.1, 0.15) is 5.75 Å². The Morgan fingerprint density at radius 3 is 3.12 bits per heavy atom. The third-order valence-electron chi connectivity index (χ3n) is 2.98. The van der Waals surface area contributed by atoms with Gasteiger partial charge in [-0.1, -0.05) is 0 Å². The normalized spacial score (nSPS) is 14.2. The third-order valence-corrected chi connectivity index (χ3v) is 3.75. The first-order valence-corrected chi connectivity index (χ1v) is 6.38. The van der Waals surface area contributed by atoms with Gasteiger partial charge in [-0.25, -0.2) is 4.98 Å². The van der Waals surface area contributed by atoms with Gasteiger partial charge in [-0.15, -0.1) is 0 Å². The predicted octanol–water partition coefficient (Wildman–Crippen LogP) is 3.33. The predicted molar refractivity (Wildman–Crippen MR) is 69.8 cm³/mol. The molecule has 4 heteroatoms. The number of benzene rings is 1. The van der Waals surface area contributed by atoms with Crippen molar-refractivity contribution < 1.29 is 9.47 Å². The first-order chi connectivity index (χ1) is 8.29. The number of hydrogen-bond acceptors (Lipinski definition) is 3. The van der Waals surface area contributed by atoms with Crippen molar-refractivity contribution in [3.05, 3.63) is 28.2 Å². The Balaban J connectivity index is 2.26.